The number of rotatable bonds is 5. The first kappa shape index (κ1) is 10.5. The van der Waals surface area contributed by atoms with Crippen LogP contribution in [-0.2, 0) is 11.2 Å². The SMILES string of the molecule is C/C=C/C(=O)NCCCc1ncc[nH]1. The summed E-state index contributed by atoms with van der Waals surface area (Å²) in [5.74, 6) is 0.928. The molecule has 0 aromatic carbocycles. The molecule has 0 bridgehead atoms. The first-order valence-corrected chi connectivity index (χ1v) is 4.71. The Kier molecular flexibility index (Phi) is 4.47. The zero-order valence-electron chi connectivity index (χ0n) is 8.29. The molecule has 76 valence electrons. The van der Waals surface area contributed by atoms with Crippen LogP contribution in [0.2, 0.25) is 0 Å². The Balaban J connectivity index is 2.08. The van der Waals surface area contributed by atoms with Crippen molar-refractivity contribution >= 4 is 5.91 Å². The average Bonchev–Trinajstić information content (AvgIpc) is 2.65. The van der Waals surface area contributed by atoms with E-state index in [1.165, 1.54) is 6.08 Å². The molecule has 1 aromatic heterocycles. The summed E-state index contributed by atoms with van der Waals surface area (Å²) in [6, 6.07) is 0. The molecule has 0 aliphatic rings. The molecule has 0 aliphatic heterocycles. The third-order valence-corrected chi connectivity index (χ3v) is 1.76. The van der Waals surface area contributed by atoms with Crippen molar-refractivity contribution in [1.82, 2.24) is 15.3 Å². The third-order valence-electron chi connectivity index (χ3n) is 1.76. The highest BCUT2D eigenvalue weighted by Gasteiger charge is 1.96. The predicted molar refractivity (Wildman–Crippen MR) is 54.7 cm³/mol. The van der Waals surface area contributed by atoms with Crippen LogP contribution in [0, 0.1) is 0 Å². The quantitative estimate of drug-likeness (QED) is 0.542. The molecular formula is C10H15N3O. The lowest BCUT2D eigenvalue weighted by atomic mass is 10.3. The van der Waals surface area contributed by atoms with Crippen LogP contribution < -0.4 is 5.32 Å². The lowest BCUT2D eigenvalue weighted by Gasteiger charge is -2.00. The van der Waals surface area contributed by atoms with E-state index in [1.54, 1.807) is 18.5 Å². The molecule has 0 radical (unpaired) electrons. The van der Waals surface area contributed by atoms with Gasteiger partial charge in [0, 0.05) is 25.4 Å². The van der Waals surface area contributed by atoms with Gasteiger partial charge in [0.05, 0.1) is 0 Å². The van der Waals surface area contributed by atoms with Gasteiger partial charge in [-0.3, -0.25) is 4.79 Å². The smallest absolute Gasteiger partial charge is 0.243 e. The van der Waals surface area contributed by atoms with Gasteiger partial charge in [-0.1, -0.05) is 6.08 Å². The Labute approximate surface area is 83.4 Å². The second-order valence-corrected chi connectivity index (χ2v) is 2.93. The highest BCUT2D eigenvalue weighted by Crippen LogP contribution is 1.93. The van der Waals surface area contributed by atoms with Gasteiger partial charge in [0.25, 0.3) is 0 Å². The molecule has 2 N–H and O–H groups in total. The summed E-state index contributed by atoms with van der Waals surface area (Å²) in [6.07, 6.45) is 8.54. The van der Waals surface area contributed by atoms with Gasteiger partial charge in [0.15, 0.2) is 0 Å². The van der Waals surface area contributed by atoms with Crippen LogP contribution in [0.15, 0.2) is 24.5 Å². The Morgan fingerprint density at radius 1 is 1.71 bits per heavy atom. The number of aryl methyl sites for hydroxylation is 1. The zero-order chi connectivity index (χ0) is 10.2. The molecule has 0 atom stereocenters. The normalized spacial score (nSPS) is 10.6. The molecule has 14 heavy (non-hydrogen) atoms. The number of carbonyl (C=O) groups is 1. The second kappa shape index (κ2) is 5.96. The number of amides is 1. The number of carbonyl (C=O) groups excluding carboxylic acids is 1. The van der Waals surface area contributed by atoms with Crippen LogP contribution in [0.25, 0.3) is 0 Å². The van der Waals surface area contributed by atoms with E-state index in [4.69, 9.17) is 0 Å². The Bertz CT molecular complexity index is 290. The monoisotopic (exact) mass is 193 g/mol. The fraction of sp³-hybridized carbons (Fsp3) is 0.400. The Morgan fingerprint density at radius 3 is 3.21 bits per heavy atom. The number of nitrogens with one attached hydrogen (secondary N) is 2. The summed E-state index contributed by atoms with van der Waals surface area (Å²) < 4.78 is 0. The maximum Gasteiger partial charge on any atom is 0.243 e. The number of hydrogen-bond donors (Lipinski definition) is 2. The standard InChI is InChI=1S/C10H15N3O/c1-2-4-10(14)13-6-3-5-9-11-7-8-12-9/h2,4,7-8H,3,5-6H2,1H3,(H,11,12)(H,13,14)/b4-2+. The summed E-state index contributed by atoms with van der Waals surface area (Å²) >= 11 is 0. The maximum absolute atomic E-state index is 11.0. The van der Waals surface area contributed by atoms with Crippen LogP contribution in [0.1, 0.15) is 19.2 Å². The molecule has 0 unspecified atom stereocenters. The summed E-state index contributed by atoms with van der Waals surface area (Å²) in [7, 11) is 0. The minimum atomic E-state index is -0.0352. The Morgan fingerprint density at radius 2 is 2.57 bits per heavy atom. The lowest BCUT2D eigenvalue weighted by Crippen LogP contribution is -2.22. The molecule has 4 heteroatoms. The van der Waals surface area contributed by atoms with Gasteiger partial charge in [0.1, 0.15) is 5.82 Å². The van der Waals surface area contributed by atoms with Gasteiger partial charge in [-0.15, -0.1) is 0 Å². The zero-order valence-corrected chi connectivity index (χ0v) is 8.29. The summed E-state index contributed by atoms with van der Waals surface area (Å²) in [5.41, 5.74) is 0. The molecule has 0 saturated heterocycles. The number of allylic oxidation sites excluding steroid dienone is 1. The fourth-order valence-corrected chi connectivity index (χ4v) is 1.11. The molecule has 1 heterocycles. The molecule has 0 spiro atoms. The maximum atomic E-state index is 11.0. The minimum absolute atomic E-state index is 0.0352. The number of H-pyrrole nitrogens is 1. The highest BCUT2D eigenvalue weighted by atomic mass is 16.1. The largest absolute Gasteiger partial charge is 0.353 e. The van der Waals surface area contributed by atoms with Crippen molar-refractivity contribution < 1.29 is 4.79 Å². The van der Waals surface area contributed by atoms with E-state index in [0.29, 0.717) is 6.54 Å². The van der Waals surface area contributed by atoms with E-state index in [0.717, 1.165) is 18.7 Å². The molecule has 0 aliphatic carbocycles. The lowest BCUT2D eigenvalue weighted by molar-refractivity contribution is -0.116. The van der Waals surface area contributed by atoms with Gasteiger partial charge in [0.2, 0.25) is 5.91 Å². The number of nitrogens with zero attached hydrogens (tertiary/aromatic N) is 1. The summed E-state index contributed by atoms with van der Waals surface area (Å²) in [4.78, 5) is 18.1. The number of hydrogen-bond acceptors (Lipinski definition) is 2. The first-order valence-electron chi connectivity index (χ1n) is 4.71. The van der Waals surface area contributed by atoms with Gasteiger partial charge in [-0.2, -0.15) is 0 Å². The van der Waals surface area contributed by atoms with E-state index >= 15 is 0 Å². The van der Waals surface area contributed by atoms with Crippen LogP contribution in [0.3, 0.4) is 0 Å². The van der Waals surface area contributed by atoms with E-state index in [9.17, 15) is 4.79 Å². The molecule has 4 nitrogen and oxygen atoms in total. The van der Waals surface area contributed by atoms with Gasteiger partial charge >= 0.3 is 0 Å². The molecule has 1 amide bonds. The highest BCUT2D eigenvalue weighted by molar-refractivity contribution is 5.87. The van der Waals surface area contributed by atoms with Gasteiger partial charge < -0.3 is 10.3 Å². The van der Waals surface area contributed by atoms with Crippen LogP contribution in [-0.4, -0.2) is 22.4 Å². The van der Waals surface area contributed by atoms with Crippen molar-refractivity contribution in [2.45, 2.75) is 19.8 Å². The van der Waals surface area contributed by atoms with E-state index in [1.807, 2.05) is 6.92 Å². The van der Waals surface area contributed by atoms with E-state index in [2.05, 4.69) is 15.3 Å². The van der Waals surface area contributed by atoms with Crippen molar-refractivity contribution in [1.29, 1.82) is 0 Å². The second-order valence-electron chi connectivity index (χ2n) is 2.93. The van der Waals surface area contributed by atoms with Crippen LogP contribution >= 0.6 is 0 Å². The molecule has 0 fully saturated rings. The van der Waals surface area contributed by atoms with Crippen molar-refractivity contribution in [3.8, 4) is 0 Å². The van der Waals surface area contributed by atoms with Crippen molar-refractivity contribution in [2.75, 3.05) is 6.54 Å². The molecular weight excluding hydrogens is 178 g/mol. The average molecular weight is 193 g/mol. The summed E-state index contributed by atoms with van der Waals surface area (Å²) in [5, 5.41) is 2.78. The van der Waals surface area contributed by atoms with Crippen LogP contribution in [0.4, 0.5) is 0 Å². The minimum Gasteiger partial charge on any atom is -0.353 e. The predicted octanol–water partition coefficient (Wildman–Crippen LogP) is 1.03. The third kappa shape index (κ3) is 3.89. The van der Waals surface area contributed by atoms with Crippen LogP contribution in [0.5, 0.6) is 0 Å². The summed E-state index contributed by atoms with van der Waals surface area (Å²) in [6.45, 7) is 2.51. The molecule has 1 rings (SSSR count). The topological polar surface area (TPSA) is 57.8 Å². The number of imidazole rings is 1. The molecule has 1 aromatic rings. The number of aromatic amines is 1. The van der Waals surface area contributed by atoms with Crippen molar-refractivity contribution in [3.63, 3.8) is 0 Å². The van der Waals surface area contributed by atoms with Gasteiger partial charge in [-0.25, -0.2) is 4.98 Å². The number of aromatic nitrogens is 2. The van der Waals surface area contributed by atoms with Crippen molar-refractivity contribution in [3.05, 3.63) is 30.4 Å². The molecule has 0 saturated carbocycles. The fourth-order valence-electron chi connectivity index (χ4n) is 1.11. The Hall–Kier alpha value is -1.58. The van der Waals surface area contributed by atoms with Crippen molar-refractivity contribution in [2.24, 2.45) is 0 Å². The first-order chi connectivity index (χ1) is 6.83. The van der Waals surface area contributed by atoms with E-state index < -0.39 is 0 Å². The van der Waals surface area contributed by atoms with E-state index in [-0.39, 0.29) is 5.91 Å². The van der Waals surface area contributed by atoms with Gasteiger partial charge in [-0.05, 0) is 19.4 Å².